The van der Waals surface area contributed by atoms with E-state index in [1.807, 2.05) is 24.3 Å². The summed E-state index contributed by atoms with van der Waals surface area (Å²) >= 11 is 0. The molecule has 1 fully saturated rings. The number of nitrogens with zero attached hydrogens (tertiary/aromatic N) is 4. The molecule has 2 aliphatic rings. The monoisotopic (exact) mass is 322 g/mol. The molecule has 0 unspecified atom stereocenters. The fraction of sp³-hybridized carbons (Fsp3) is 0.389. The number of oxazole rings is 1. The summed E-state index contributed by atoms with van der Waals surface area (Å²) in [6.07, 6.45) is 3.10. The van der Waals surface area contributed by atoms with E-state index in [1.54, 1.807) is 10.7 Å². The molecule has 24 heavy (non-hydrogen) atoms. The first-order valence-corrected chi connectivity index (χ1v) is 8.47. The Kier molecular flexibility index (Phi) is 2.98. The van der Waals surface area contributed by atoms with Crippen LogP contribution >= 0.6 is 0 Å². The summed E-state index contributed by atoms with van der Waals surface area (Å²) in [5.74, 6) is 0.407. The van der Waals surface area contributed by atoms with E-state index >= 15 is 0 Å². The van der Waals surface area contributed by atoms with Gasteiger partial charge >= 0.3 is 0 Å². The second kappa shape index (κ2) is 5.19. The summed E-state index contributed by atoms with van der Waals surface area (Å²) in [6, 6.07) is 10.2. The average Bonchev–Trinajstić information content (AvgIpc) is 3.15. The zero-order valence-electron chi connectivity index (χ0n) is 13.3. The maximum atomic E-state index is 12.2. The van der Waals surface area contributed by atoms with Gasteiger partial charge in [0, 0.05) is 25.1 Å². The minimum atomic E-state index is 0.0240. The molecule has 122 valence electrons. The van der Waals surface area contributed by atoms with E-state index in [1.165, 1.54) is 0 Å². The van der Waals surface area contributed by atoms with E-state index in [9.17, 15) is 4.79 Å². The lowest BCUT2D eigenvalue weighted by atomic mass is 10.0. The van der Waals surface area contributed by atoms with Gasteiger partial charge in [-0.05, 0) is 37.0 Å². The van der Waals surface area contributed by atoms with Crippen LogP contribution in [0.4, 0.5) is 6.01 Å². The SMILES string of the molecule is O=c1cc2c(nn1CC1CN(c3nc4ccccc4o3)C1)CCC2. The second-order valence-corrected chi connectivity index (χ2v) is 6.73. The number of aromatic nitrogens is 3. The van der Waals surface area contributed by atoms with E-state index in [-0.39, 0.29) is 5.56 Å². The third-order valence-corrected chi connectivity index (χ3v) is 4.97. The van der Waals surface area contributed by atoms with E-state index in [2.05, 4.69) is 15.0 Å². The molecule has 1 saturated heterocycles. The van der Waals surface area contributed by atoms with Crippen LogP contribution in [0.25, 0.3) is 11.1 Å². The van der Waals surface area contributed by atoms with Crippen molar-refractivity contribution in [1.82, 2.24) is 14.8 Å². The highest BCUT2D eigenvalue weighted by Gasteiger charge is 2.31. The normalized spacial score (nSPS) is 17.2. The summed E-state index contributed by atoms with van der Waals surface area (Å²) in [4.78, 5) is 18.8. The molecule has 1 aliphatic heterocycles. The van der Waals surface area contributed by atoms with Crippen molar-refractivity contribution in [2.75, 3.05) is 18.0 Å². The van der Waals surface area contributed by atoms with Gasteiger partial charge in [-0.25, -0.2) is 4.68 Å². The summed E-state index contributed by atoms with van der Waals surface area (Å²) < 4.78 is 7.42. The molecule has 3 heterocycles. The van der Waals surface area contributed by atoms with Gasteiger partial charge in [-0.2, -0.15) is 10.1 Å². The van der Waals surface area contributed by atoms with Crippen LogP contribution in [0.2, 0.25) is 0 Å². The van der Waals surface area contributed by atoms with Crippen molar-refractivity contribution in [3.63, 3.8) is 0 Å². The Morgan fingerprint density at radius 1 is 1.21 bits per heavy atom. The summed E-state index contributed by atoms with van der Waals surface area (Å²) in [5.41, 5.74) is 3.96. The van der Waals surface area contributed by atoms with Crippen LogP contribution in [0.3, 0.4) is 0 Å². The third-order valence-electron chi connectivity index (χ3n) is 4.97. The standard InChI is InChI=1S/C18H18N4O2/c23-17-8-13-4-3-6-14(13)20-22(17)11-12-9-21(10-12)18-19-15-5-1-2-7-16(15)24-18/h1-2,5,7-8,12H,3-4,6,9-11H2. The molecule has 5 rings (SSSR count). The Bertz CT molecular complexity index is 936. The van der Waals surface area contributed by atoms with Crippen molar-refractivity contribution in [2.45, 2.75) is 25.8 Å². The van der Waals surface area contributed by atoms with E-state index in [4.69, 9.17) is 4.42 Å². The first kappa shape index (κ1) is 13.8. The quantitative estimate of drug-likeness (QED) is 0.738. The minimum Gasteiger partial charge on any atom is -0.423 e. The highest BCUT2D eigenvalue weighted by molar-refractivity contribution is 5.74. The number of aryl methyl sites for hydroxylation is 2. The van der Waals surface area contributed by atoms with E-state index < -0.39 is 0 Å². The van der Waals surface area contributed by atoms with Crippen molar-refractivity contribution in [2.24, 2.45) is 5.92 Å². The zero-order valence-corrected chi connectivity index (χ0v) is 13.3. The highest BCUT2D eigenvalue weighted by atomic mass is 16.4. The van der Waals surface area contributed by atoms with Crippen LogP contribution in [0.1, 0.15) is 17.7 Å². The lowest BCUT2D eigenvalue weighted by molar-refractivity contribution is 0.317. The van der Waals surface area contributed by atoms with Crippen molar-refractivity contribution in [3.05, 3.63) is 51.9 Å². The number of benzene rings is 1. The highest BCUT2D eigenvalue weighted by Crippen LogP contribution is 2.28. The maximum Gasteiger partial charge on any atom is 0.298 e. The molecule has 0 spiro atoms. The van der Waals surface area contributed by atoms with Gasteiger partial charge in [0.15, 0.2) is 5.58 Å². The number of anilines is 1. The zero-order chi connectivity index (χ0) is 16.1. The number of hydrogen-bond acceptors (Lipinski definition) is 5. The second-order valence-electron chi connectivity index (χ2n) is 6.73. The summed E-state index contributed by atoms with van der Waals surface area (Å²) in [7, 11) is 0. The largest absolute Gasteiger partial charge is 0.423 e. The Hall–Kier alpha value is -2.63. The topological polar surface area (TPSA) is 64.2 Å². The molecule has 1 aliphatic carbocycles. The third kappa shape index (κ3) is 2.21. The van der Waals surface area contributed by atoms with E-state index in [0.29, 0.717) is 18.5 Å². The summed E-state index contributed by atoms with van der Waals surface area (Å²) in [6.45, 7) is 2.36. The molecule has 0 amide bonds. The molecule has 0 atom stereocenters. The molecular formula is C18H18N4O2. The van der Waals surface area contributed by atoms with Crippen LogP contribution in [-0.4, -0.2) is 27.9 Å². The minimum absolute atomic E-state index is 0.0240. The van der Waals surface area contributed by atoms with Gasteiger partial charge in [0.05, 0.1) is 12.2 Å². The molecule has 6 nitrogen and oxygen atoms in total. The number of rotatable bonds is 3. The van der Waals surface area contributed by atoms with Gasteiger partial charge < -0.3 is 9.32 Å². The Morgan fingerprint density at radius 3 is 2.96 bits per heavy atom. The van der Waals surface area contributed by atoms with Crippen molar-refractivity contribution < 1.29 is 4.42 Å². The Morgan fingerprint density at radius 2 is 2.08 bits per heavy atom. The number of para-hydroxylation sites is 2. The van der Waals surface area contributed by atoms with Crippen LogP contribution < -0.4 is 10.5 Å². The first-order valence-electron chi connectivity index (χ1n) is 8.47. The molecule has 6 heteroatoms. The predicted molar refractivity (Wildman–Crippen MR) is 90.2 cm³/mol. The van der Waals surface area contributed by atoms with Crippen LogP contribution in [-0.2, 0) is 19.4 Å². The average molecular weight is 322 g/mol. The van der Waals surface area contributed by atoms with Crippen LogP contribution in [0.5, 0.6) is 0 Å². The molecule has 1 aromatic carbocycles. The molecule has 0 saturated carbocycles. The van der Waals surface area contributed by atoms with Crippen LogP contribution in [0, 0.1) is 5.92 Å². The fourth-order valence-corrected chi connectivity index (χ4v) is 3.65. The van der Waals surface area contributed by atoms with Crippen LogP contribution in [0.15, 0.2) is 39.5 Å². The van der Waals surface area contributed by atoms with Crippen molar-refractivity contribution >= 4 is 17.1 Å². The fourth-order valence-electron chi connectivity index (χ4n) is 3.65. The Labute approximate surface area is 138 Å². The van der Waals surface area contributed by atoms with Gasteiger partial charge in [0.1, 0.15) is 5.52 Å². The van der Waals surface area contributed by atoms with Gasteiger partial charge in [-0.1, -0.05) is 12.1 Å². The molecule has 3 aromatic rings. The predicted octanol–water partition coefficient (Wildman–Crippen LogP) is 2.01. The lowest BCUT2D eigenvalue weighted by Gasteiger charge is -2.37. The van der Waals surface area contributed by atoms with E-state index in [0.717, 1.165) is 54.7 Å². The molecule has 0 radical (unpaired) electrons. The molecule has 0 bridgehead atoms. The Balaban J connectivity index is 1.29. The smallest absolute Gasteiger partial charge is 0.298 e. The summed E-state index contributed by atoms with van der Waals surface area (Å²) in [5, 5.41) is 4.55. The first-order chi connectivity index (χ1) is 11.8. The molecule has 0 N–H and O–H groups in total. The maximum absolute atomic E-state index is 12.2. The number of fused-ring (bicyclic) bond motifs is 2. The number of hydrogen-bond donors (Lipinski definition) is 0. The lowest BCUT2D eigenvalue weighted by Crippen LogP contribution is -2.50. The van der Waals surface area contributed by atoms with Gasteiger partial charge in [0.25, 0.3) is 11.6 Å². The van der Waals surface area contributed by atoms with Crippen molar-refractivity contribution in [3.8, 4) is 0 Å². The van der Waals surface area contributed by atoms with Gasteiger partial charge in [0.2, 0.25) is 0 Å². The van der Waals surface area contributed by atoms with Crippen molar-refractivity contribution in [1.29, 1.82) is 0 Å². The molecular weight excluding hydrogens is 304 g/mol. The molecule has 2 aromatic heterocycles. The van der Waals surface area contributed by atoms with Gasteiger partial charge in [-0.15, -0.1) is 0 Å². The van der Waals surface area contributed by atoms with Gasteiger partial charge in [-0.3, -0.25) is 4.79 Å².